The summed E-state index contributed by atoms with van der Waals surface area (Å²) in [5.74, 6) is -6.86. The standard InChI is InChI=1S/C13H5F7/c14-8-5-9(15)12(17)10(11(8)16)6-2-1-3-7(4-6)13(18,19)20/h1-5H. The molecular formula is C13H5F7. The highest BCUT2D eigenvalue weighted by molar-refractivity contribution is 5.66. The minimum Gasteiger partial charge on any atom is -0.204 e. The zero-order valence-electron chi connectivity index (χ0n) is 9.53. The monoisotopic (exact) mass is 294 g/mol. The minimum atomic E-state index is -4.74. The lowest BCUT2D eigenvalue weighted by Crippen LogP contribution is -2.05. The Balaban J connectivity index is 2.70. The van der Waals surface area contributed by atoms with Gasteiger partial charge < -0.3 is 0 Å². The van der Waals surface area contributed by atoms with E-state index in [2.05, 4.69) is 0 Å². The van der Waals surface area contributed by atoms with Gasteiger partial charge in [-0.1, -0.05) is 12.1 Å². The maximum Gasteiger partial charge on any atom is 0.416 e. The Morgan fingerprint density at radius 3 is 1.80 bits per heavy atom. The molecule has 0 atom stereocenters. The Morgan fingerprint density at radius 2 is 1.30 bits per heavy atom. The quantitative estimate of drug-likeness (QED) is 0.517. The predicted octanol–water partition coefficient (Wildman–Crippen LogP) is 4.93. The van der Waals surface area contributed by atoms with E-state index in [-0.39, 0.29) is 6.07 Å². The van der Waals surface area contributed by atoms with E-state index in [1.165, 1.54) is 0 Å². The van der Waals surface area contributed by atoms with Gasteiger partial charge in [-0.3, -0.25) is 0 Å². The molecule has 0 saturated heterocycles. The number of halogens is 7. The summed E-state index contributed by atoms with van der Waals surface area (Å²) in [5, 5.41) is 0. The van der Waals surface area contributed by atoms with Gasteiger partial charge in [-0.05, 0) is 17.7 Å². The molecule has 2 rings (SSSR count). The molecule has 20 heavy (non-hydrogen) atoms. The molecule has 7 heteroatoms. The molecule has 2 aromatic rings. The average Bonchev–Trinajstić information content (AvgIpc) is 2.36. The van der Waals surface area contributed by atoms with E-state index < -0.39 is 46.1 Å². The summed E-state index contributed by atoms with van der Waals surface area (Å²) in [7, 11) is 0. The van der Waals surface area contributed by atoms with E-state index in [0.717, 1.165) is 12.1 Å². The summed E-state index contributed by atoms with van der Waals surface area (Å²) < 4.78 is 90.6. The second-order valence-electron chi connectivity index (χ2n) is 3.92. The van der Waals surface area contributed by atoms with Crippen LogP contribution in [0.1, 0.15) is 5.56 Å². The maximum atomic E-state index is 13.5. The SMILES string of the molecule is Fc1cc(F)c(F)c(-c2cccc(C(F)(F)F)c2)c1F. The van der Waals surface area contributed by atoms with Crippen LogP contribution in [0.5, 0.6) is 0 Å². The first kappa shape index (κ1) is 14.4. The van der Waals surface area contributed by atoms with Crippen LogP contribution in [0.25, 0.3) is 11.1 Å². The van der Waals surface area contributed by atoms with Gasteiger partial charge in [0.1, 0.15) is 0 Å². The number of benzene rings is 2. The molecule has 0 N–H and O–H groups in total. The first-order valence-electron chi connectivity index (χ1n) is 5.22. The summed E-state index contributed by atoms with van der Waals surface area (Å²) >= 11 is 0. The molecule has 0 saturated carbocycles. The molecule has 0 spiro atoms. The van der Waals surface area contributed by atoms with E-state index >= 15 is 0 Å². The molecule has 0 bridgehead atoms. The van der Waals surface area contributed by atoms with E-state index in [9.17, 15) is 30.7 Å². The third kappa shape index (κ3) is 2.48. The van der Waals surface area contributed by atoms with Crippen LogP contribution >= 0.6 is 0 Å². The molecular weight excluding hydrogens is 289 g/mol. The summed E-state index contributed by atoms with van der Waals surface area (Å²) in [6.45, 7) is 0. The van der Waals surface area contributed by atoms with Crippen molar-refractivity contribution >= 4 is 0 Å². The lowest BCUT2D eigenvalue weighted by atomic mass is 10.0. The Morgan fingerprint density at radius 1 is 0.750 bits per heavy atom. The highest BCUT2D eigenvalue weighted by Gasteiger charge is 2.31. The fourth-order valence-electron chi connectivity index (χ4n) is 1.68. The van der Waals surface area contributed by atoms with Crippen molar-refractivity contribution in [2.24, 2.45) is 0 Å². The molecule has 0 aliphatic rings. The van der Waals surface area contributed by atoms with Gasteiger partial charge in [-0.25, -0.2) is 17.6 Å². The lowest BCUT2D eigenvalue weighted by molar-refractivity contribution is -0.137. The van der Waals surface area contributed by atoms with E-state index in [1.807, 2.05) is 0 Å². The van der Waals surface area contributed by atoms with Gasteiger partial charge >= 0.3 is 6.18 Å². The molecule has 0 amide bonds. The highest BCUT2D eigenvalue weighted by Crippen LogP contribution is 2.34. The normalized spacial score (nSPS) is 11.8. The maximum absolute atomic E-state index is 13.5. The zero-order valence-corrected chi connectivity index (χ0v) is 9.53. The van der Waals surface area contributed by atoms with Crippen molar-refractivity contribution < 1.29 is 30.7 Å². The molecule has 0 unspecified atom stereocenters. The Bertz CT molecular complexity index is 632. The van der Waals surface area contributed by atoms with Crippen molar-refractivity contribution in [3.05, 3.63) is 59.2 Å². The average molecular weight is 294 g/mol. The Kier molecular flexibility index (Phi) is 3.45. The van der Waals surface area contributed by atoms with Gasteiger partial charge in [-0.15, -0.1) is 0 Å². The van der Waals surface area contributed by atoms with Gasteiger partial charge in [0.15, 0.2) is 23.3 Å². The third-order valence-electron chi connectivity index (χ3n) is 2.59. The van der Waals surface area contributed by atoms with Gasteiger partial charge in [-0.2, -0.15) is 13.2 Å². The first-order chi connectivity index (χ1) is 9.21. The second kappa shape index (κ2) is 4.81. The molecule has 0 heterocycles. The predicted molar refractivity (Wildman–Crippen MR) is 56.7 cm³/mol. The van der Waals surface area contributed by atoms with Gasteiger partial charge in [0.2, 0.25) is 0 Å². The zero-order chi connectivity index (χ0) is 15.1. The van der Waals surface area contributed by atoms with Crippen molar-refractivity contribution in [3.63, 3.8) is 0 Å². The topological polar surface area (TPSA) is 0 Å². The lowest BCUT2D eigenvalue weighted by Gasteiger charge is -2.11. The largest absolute Gasteiger partial charge is 0.416 e. The highest BCUT2D eigenvalue weighted by atomic mass is 19.4. The van der Waals surface area contributed by atoms with Crippen molar-refractivity contribution in [1.29, 1.82) is 0 Å². The molecule has 0 radical (unpaired) electrons. The molecule has 0 nitrogen and oxygen atoms in total. The van der Waals surface area contributed by atoms with Crippen LogP contribution in [-0.2, 0) is 6.18 Å². The fraction of sp³-hybridized carbons (Fsp3) is 0.0769. The van der Waals surface area contributed by atoms with Crippen LogP contribution in [-0.4, -0.2) is 0 Å². The number of hydrogen-bond acceptors (Lipinski definition) is 0. The Labute approximate surface area is 108 Å². The van der Waals surface area contributed by atoms with Crippen LogP contribution < -0.4 is 0 Å². The second-order valence-corrected chi connectivity index (χ2v) is 3.92. The van der Waals surface area contributed by atoms with E-state index in [4.69, 9.17) is 0 Å². The summed E-state index contributed by atoms with van der Waals surface area (Å²) in [4.78, 5) is 0. The summed E-state index contributed by atoms with van der Waals surface area (Å²) in [6.07, 6.45) is -4.74. The molecule has 106 valence electrons. The van der Waals surface area contributed by atoms with Gasteiger partial charge in [0.25, 0.3) is 0 Å². The summed E-state index contributed by atoms with van der Waals surface area (Å²) in [5.41, 5.74) is -2.96. The van der Waals surface area contributed by atoms with E-state index in [1.54, 1.807) is 0 Å². The van der Waals surface area contributed by atoms with Gasteiger partial charge in [0.05, 0.1) is 11.1 Å². The van der Waals surface area contributed by atoms with Crippen LogP contribution in [0.2, 0.25) is 0 Å². The number of rotatable bonds is 1. The Hall–Kier alpha value is -2.05. The smallest absolute Gasteiger partial charge is 0.204 e. The third-order valence-corrected chi connectivity index (χ3v) is 2.59. The molecule has 0 aromatic heterocycles. The van der Waals surface area contributed by atoms with E-state index in [0.29, 0.717) is 12.1 Å². The van der Waals surface area contributed by atoms with Crippen LogP contribution in [0, 0.1) is 23.3 Å². The van der Waals surface area contributed by atoms with Crippen molar-refractivity contribution in [3.8, 4) is 11.1 Å². The van der Waals surface area contributed by atoms with Crippen LogP contribution in [0.4, 0.5) is 30.7 Å². The van der Waals surface area contributed by atoms with Crippen LogP contribution in [0.3, 0.4) is 0 Å². The van der Waals surface area contributed by atoms with Crippen molar-refractivity contribution in [2.45, 2.75) is 6.18 Å². The van der Waals surface area contributed by atoms with Crippen LogP contribution in [0.15, 0.2) is 30.3 Å². The molecule has 0 aliphatic carbocycles. The molecule has 0 aliphatic heterocycles. The number of hydrogen-bond donors (Lipinski definition) is 0. The fourth-order valence-corrected chi connectivity index (χ4v) is 1.68. The molecule has 2 aromatic carbocycles. The van der Waals surface area contributed by atoms with Crippen molar-refractivity contribution in [2.75, 3.05) is 0 Å². The summed E-state index contributed by atoms with van der Waals surface area (Å²) in [6, 6.07) is 2.90. The number of alkyl halides is 3. The van der Waals surface area contributed by atoms with Gasteiger partial charge in [0, 0.05) is 6.07 Å². The first-order valence-corrected chi connectivity index (χ1v) is 5.22. The minimum absolute atomic E-state index is 0.0121. The van der Waals surface area contributed by atoms with Crippen molar-refractivity contribution in [1.82, 2.24) is 0 Å². The molecule has 0 fully saturated rings.